The van der Waals surface area contributed by atoms with Crippen molar-refractivity contribution in [3.05, 3.63) is 76.5 Å². The number of fused-ring (bicyclic) bond motifs is 6. The van der Waals surface area contributed by atoms with Crippen LogP contribution >= 0.6 is 15.9 Å². The maximum atomic E-state index is 6.31. The van der Waals surface area contributed by atoms with Crippen LogP contribution in [0.5, 0.6) is 0 Å². The Labute approximate surface area is 175 Å². The Morgan fingerprint density at radius 2 is 1.69 bits per heavy atom. The predicted octanol–water partition coefficient (Wildman–Crippen LogP) is 7.72. The van der Waals surface area contributed by atoms with Gasteiger partial charge in [-0.2, -0.15) is 0 Å². The van der Waals surface area contributed by atoms with Crippen LogP contribution in [0.3, 0.4) is 0 Å². The summed E-state index contributed by atoms with van der Waals surface area (Å²) in [4.78, 5) is 0. The van der Waals surface area contributed by atoms with E-state index in [1.807, 2.05) is 24.3 Å². The minimum absolute atomic E-state index is 0.706. The number of rotatable bonds is 1. The lowest BCUT2D eigenvalue weighted by Crippen LogP contribution is -1.86. The molecule has 1 aliphatic rings. The standard InChI is InChI=1S/C26H15BrO2/c27-22-11-6-10-20-19-9-5-8-17(25(19)29-26(20)22)16-13-14-24-21(15-16)18-7-3-1-2-4-12-23(18)28-24/h4-6,8-15H,2,7H2. The predicted molar refractivity (Wildman–Crippen MR) is 122 cm³/mol. The van der Waals surface area contributed by atoms with Gasteiger partial charge in [-0.3, -0.25) is 0 Å². The first-order chi connectivity index (χ1) is 14.3. The number of para-hydroxylation sites is 2. The quantitative estimate of drug-likeness (QED) is 0.250. The van der Waals surface area contributed by atoms with Crippen molar-refractivity contribution in [2.45, 2.75) is 12.8 Å². The molecule has 0 bridgehead atoms. The number of furan rings is 2. The lowest BCUT2D eigenvalue weighted by Gasteiger charge is -2.04. The van der Waals surface area contributed by atoms with Crippen molar-refractivity contribution in [2.75, 3.05) is 0 Å². The highest BCUT2D eigenvalue weighted by Crippen LogP contribution is 2.39. The molecule has 1 aliphatic carbocycles. The maximum Gasteiger partial charge on any atom is 0.149 e. The zero-order chi connectivity index (χ0) is 19.4. The minimum atomic E-state index is 0.706. The van der Waals surface area contributed by atoms with Gasteiger partial charge in [0, 0.05) is 40.1 Å². The average Bonchev–Trinajstić information content (AvgIpc) is 3.26. The van der Waals surface area contributed by atoms with E-state index >= 15 is 0 Å². The number of benzene rings is 3. The zero-order valence-corrected chi connectivity index (χ0v) is 17.0. The van der Waals surface area contributed by atoms with Gasteiger partial charge in [-0.25, -0.2) is 0 Å². The third kappa shape index (κ3) is 2.57. The van der Waals surface area contributed by atoms with E-state index in [1.54, 1.807) is 0 Å². The Hall–Kier alpha value is -3.22. The molecule has 0 atom stereocenters. The zero-order valence-electron chi connectivity index (χ0n) is 15.5. The molecule has 138 valence electrons. The molecule has 3 heteroatoms. The van der Waals surface area contributed by atoms with E-state index in [0.29, 0.717) is 6.42 Å². The summed E-state index contributed by atoms with van der Waals surface area (Å²) in [6.07, 6.45) is 5.57. The number of hydrogen-bond donors (Lipinski definition) is 0. The summed E-state index contributed by atoms with van der Waals surface area (Å²) in [6.45, 7) is 0. The maximum absolute atomic E-state index is 6.31. The molecule has 0 saturated heterocycles. The van der Waals surface area contributed by atoms with E-state index in [9.17, 15) is 0 Å². The van der Waals surface area contributed by atoms with Crippen molar-refractivity contribution in [2.24, 2.45) is 0 Å². The van der Waals surface area contributed by atoms with E-state index in [4.69, 9.17) is 8.83 Å². The first-order valence-corrected chi connectivity index (χ1v) is 10.4. The fraction of sp³-hybridized carbons (Fsp3) is 0.0769. The Morgan fingerprint density at radius 3 is 2.62 bits per heavy atom. The van der Waals surface area contributed by atoms with E-state index in [2.05, 4.69) is 70.2 Å². The third-order valence-electron chi connectivity index (χ3n) is 5.49. The molecule has 0 aliphatic heterocycles. The molecular weight excluding hydrogens is 424 g/mol. The Kier molecular flexibility index (Phi) is 3.69. The molecule has 0 N–H and O–H groups in total. The molecule has 3 aromatic carbocycles. The summed E-state index contributed by atoms with van der Waals surface area (Å²) in [5.74, 6) is 7.34. The van der Waals surface area contributed by atoms with Crippen molar-refractivity contribution in [1.29, 1.82) is 0 Å². The summed E-state index contributed by atoms with van der Waals surface area (Å²) in [6, 6.07) is 18.8. The summed E-state index contributed by atoms with van der Waals surface area (Å²) in [5.41, 5.74) is 6.02. The fourth-order valence-corrected chi connectivity index (χ4v) is 4.56. The van der Waals surface area contributed by atoms with Gasteiger partial charge in [0.2, 0.25) is 0 Å². The van der Waals surface area contributed by atoms with Crippen LogP contribution in [0, 0.1) is 11.8 Å². The smallest absolute Gasteiger partial charge is 0.149 e. The second-order valence-electron chi connectivity index (χ2n) is 7.19. The second kappa shape index (κ2) is 6.40. The van der Waals surface area contributed by atoms with E-state index in [-0.39, 0.29) is 0 Å². The van der Waals surface area contributed by atoms with Crippen molar-refractivity contribution < 1.29 is 8.83 Å². The molecule has 2 aromatic heterocycles. The van der Waals surface area contributed by atoms with Crippen LogP contribution in [-0.4, -0.2) is 0 Å². The first-order valence-electron chi connectivity index (χ1n) is 9.57. The monoisotopic (exact) mass is 438 g/mol. The Morgan fingerprint density at radius 1 is 0.828 bits per heavy atom. The van der Waals surface area contributed by atoms with Gasteiger partial charge in [0.15, 0.2) is 0 Å². The second-order valence-corrected chi connectivity index (χ2v) is 8.05. The fourth-order valence-electron chi connectivity index (χ4n) is 4.11. The highest BCUT2D eigenvalue weighted by molar-refractivity contribution is 9.10. The molecule has 29 heavy (non-hydrogen) atoms. The molecule has 5 aromatic rings. The largest absolute Gasteiger partial charge is 0.456 e. The number of allylic oxidation sites excluding steroid dienone is 1. The van der Waals surface area contributed by atoms with Gasteiger partial charge in [-0.1, -0.05) is 54.3 Å². The van der Waals surface area contributed by atoms with Crippen LogP contribution in [0.25, 0.3) is 50.1 Å². The molecule has 0 amide bonds. The number of hydrogen-bond acceptors (Lipinski definition) is 2. The van der Waals surface area contributed by atoms with E-state index < -0.39 is 0 Å². The van der Waals surface area contributed by atoms with E-state index in [1.165, 1.54) is 0 Å². The summed E-state index contributed by atoms with van der Waals surface area (Å²) in [7, 11) is 0. The van der Waals surface area contributed by atoms with Crippen LogP contribution < -0.4 is 0 Å². The van der Waals surface area contributed by atoms with Gasteiger partial charge in [0.1, 0.15) is 22.5 Å². The van der Waals surface area contributed by atoms with Crippen molar-refractivity contribution in [1.82, 2.24) is 0 Å². The van der Waals surface area contributed by atoms with Crippen LogP contribution in [0.1, 0.15) is 17.7 Å². The van der Waals surface area contributed by atoms with Gasteiger partial charge in [0.05, 0.1) is 4.47 Å². The van der Waals surface area contributed by atoms with Crippen molar-refractivity contribution >= 4 is 54.9 Å². The molecule has 0 spiro atoms. The molecule has 0 saturated carbocycles. The SMILES string of the molecule is Brc1cccc2c1oc1c(-c3ccc4oc5c(c4c3)CC#CCC=C5)cccc12. The third-order valence-corrected chi connectivity index (χ3v) is 6.11. The van der Waals surface area contributed by atoms with Gasteiger partial charge in [-0.15, -0.1) is 0 Å². The van der Waals surface area contributed by atoms with Gasteiger partial charge in [0.25, 0.3) is 0 Å². The van der Waals surface area contributed by atoms with Gasteiger partial charge in [-0.05, 0) is 45.8 Å². The highest BCUT2D eigenvalue weighted by Gasteiger charge is 2.17. The molecule has 2 heterocycles. The minimum Gasteiger partial charge on any atom is -0.456 e. The molecule has 6 rings (SSSR count). The highest BCUT2D eigenvalue weighted by atomic mass is 79.9. The molecule has 0 radical (unpaired) electrons. The molecule has 0 fully saturated rings. The van der Waals surface area contributed by atoms with Crippen LogP contribution in [0.15, 0.2) is 74.0 Å². The summed E-state index contributed by atoms with van der Waals surface area (Å²) in [5, 5.41) is 3.36. The average molecular weight is 439 g/mol. The topological polar surface area (TPSA) is 26.3 Å². The van der Waals surface area contributed by atoms with Gasteiger partial charge >= 0.3 is 0 Å². The lowest BCUT2D eigenvalue weighted by atomic mass is 9.98. The van der Waals surface area contributed by atoms with Crippen LogP contribution in [-0.2, 0) is 6.42 Å². The molecule has 0 unspecified atom stereocenters. The molecule has 2 nitrogen and oxygen atoms in total. The Balaban J connectivity index is 1.61. The van der Waals surface area contributed by atoms with Crippen LogP contribution in [0.2, 0.25) is 0 Å². The summed E-state index contributed by atoms with van der Waals surface area (Å²) >= 11 is 3.61. The molecular formula is C26H15BrO2. The van der Waals surface area contributed by atoms with Crippen LogP contribution in [0.4, 0.5) is 0 Å². The van der Waals surface area contributed by atoms with E-state index in [0.717, 1.165) is 66.3 Å². The summed E-state index contributed by atoms with van der Waals surface area (Å²) < 4.78 is 13.4. The normalized spacial score (nSPS) is 13.3. The van der Waals surface area contributed by atoms with Crippen molar-refractivity contribution in [3.63, 3.8) is 0 Å². The Bertz CT molecular complexity index is 1520. The number of halogens is 1. The lowest BCUT2D eigenvalue weighted by molar-refractivity contribution is 0.600. The van der Waals surface area contributed by atoms with Gasteiger partial charge < -0.3 is 8.83 Å². The van der Waals surface area contributed by atoms with Crippen molar-refractivity contribution in [3.8, 4) is 23.0 Å². The first kappa shape index (κ1) is 16.7.